The van der Waals surface area contributed by atoms with Crippen LogP contribution >= 0.6 is 11.6 Å². The van der Waals surface area contributed by atoms with Crippen LogP contribution in [0.3, 0.4) is 0 Å². The van der Waals surface area contributed by atoms with Crippen molar-refractivity contribution in [1.82, 2.24) is 14.6 Å². The van der Waals surface area contributed by atoms with Crippen molar-refractivity contribution in [3.8, 4) is 11.4 Å². The van der Waals surface area contributed by atoms with Gasteiger partial charge in [-0.05, 0) is 24.3 Å². The van der Waals surface area contributed by atoms with Crippen LogP contribution in [0.4, 0.5) is 0 Å². The fraction of sp³-hybridized carbons (Fsp3) is 0. The van der Waals surface area contributed by atoms with Crippen LogP contribution < -0.4 is 0 Å². The zero-order valence-electron chi connectivity index (χ0n) is 9.62. The molecule has 0 fully saturated rings. The van der Waals surface area contributed by atoms with Crippen molar-refractivity contribution in [2.75, 3.05) is 0 Å². The van der Waals surface area contributed by atoms with E-state index in [0.717, 1.165) is 5.56 Å². The van der Waals surface area contributed by atoms with E-state index in [0.29, 0.717) is 16.6 Å². The molecule has 3 aromatic rings. The summed E-state index contributed by atoms with van der Waals surface area (Å²) in [6, 6.07) is 11.7. The minimum absolute atomic E-state index is 0.227. The second-order valence-electron chi connectivity index (χ2n) is 3.94. The largest absolute Gasteiger partial charge is 0.478 e. The number of aromatic carboxylic acids is 1. The summed E-state index contributed by atoms with van der Waals surface area (Å²) in [5.41, 5.74) is 1.61. The lowest BCUT2D eigenvalue weighted by molar-refractivity contribution is 0.0697. The molecule has 0 unspecified atom stereocenters. The lowest BCUT2D eigenvalue weighted by atomic mass is 10.1. The summed E-state index contributed by atoms with van der Waals surface area (Å²) < 4.78 is 1.53. The molecule has 1 aromatic carbocycles. The van der Waals surface area contributed by atoms with Crippen LogP contribution in [0.1, 0.15) is 10.4 Å². The molecule has 2 aromatic heterocycles. The molecule has 0 spiro atoms. The Kier molecular flexibility index (Phi) is 2.68. The second kappa shape index (κ2) is 4.37. The fourth-order valence-corrected chi connectivity index (χ4v) is 1.95. The number of carbonyl (C=O) groups is 1. The third-order valence-electron chi connectivity index (χ3n) is 2.70. The first kappa shape index (κ1) is 11.7. The summed E-state index contributed by atoms with van der Waals surface area (Å²) in [7, 11) is 0. The zero-order chi connectivity index (χ0) is 13.4. The first-order valence-electron chi connectivity index (χ1n) is 5.50. The second-order valence-corrected chi connectivity index (χ2v) is 4.32. The highest BCUT2D eigenvalue weighted by atomic mass is 35.5. The lowest BCUT2D eigenvalue weighted by Gasteiger charge is -1.96. The average molecular weight is 274 g/mol. The molecule has 0 radical (unpaired) electrons. The Morgan fingerprint density at radius 1 is 1.16 bits per heavy atom. The molecule has 6 heteroatoms. The molecule has 0 saturated heterocycles. The van der Waals surface area contributed by atoms with Crippen LogP contribution in [0.25, 0.3) is 17.0 Å². The summed E-state index contributed by atoms with van der Waals surface area (Å²) in [6.07, 6.45) is 0. The molecule has 0 aliphatic heterocycles. The van der Waals surface area contributed by atoms with E-state index in [4.69, 9.17) is 16.7 Å². The number of carboxylic acid groups (broad SMARTS) is 1. The predicted molar refractivity (Wildman–Crippen MR) is 70.4 cm³/mol. The van der Waals surface area contributed by atoms with Gasteiger partial charge in [-0.15, -0.1) is 5.10 Å². The van der Waals surface area contributed by atoms with Gasteiger partial charge in [0.1, 0.15) is 5.15 Å². The van der Waals surface area contributed by atoms with Gasteiger partial charge in [-0.25, -0.2) is 14.3 Å². The summed E-state index contributed by atoms with van der Waals surface area (Å²) in [6.45, 7) is 0. The summed E-state index contributed by atoms with van der Waals surface area (Å²) in [4.78, 5) is 15.1. The van der Waals surface area contributed by atoms with Crippen molar-refractivity contribution < 1.29 is 9.90 Å². The maximum Gasteiger partial charge on any atom is 0.335 e. The van der Waals surface area contributed by atoms with Gasteiger partial charge in [-0.3, -0.25) is 0 Å². The van der Waals surface area contributed by atoms with E-state index < -0.39 is 5.97 Å². The molecule has 0 amide bonds. The number of fused-ring (bicyclic) bond motifs is 1. The molecule has 19 heavy (non-hydrogen) atoms. The third-order valence-corrected chi connectivity index (χ3v) is 2.99. The standard InChI is InChI=1S/C13H8ClN3O2/c14-10-2-1-3-11-15-12(16-17(10)11)8-4-6-9(7-5-8)13(18)19/h1-7H,(H,18,19). The minimum Gasteiger partial charge on any atom is -0.478 e. The van der Waals surface area contributed by atoms with Crippen LogP contribution in [0.2, 0.25) is 5.15 Å². The van der Waals surface area contributed by atoms with Crippen molar-refractivity contribution in [3.05, 3.63) is 53.2 Å². The number of aromatic nitrogens is 3. The summed E-state index contributed by atoms with van der Waals surface area (Å²) >= 11 is 6.01. The van der Waals surface area contributed by atoms with Crippen LogP contribution in [0, 0.1) is 0 Å². The monoisotopic (exact) mass is 273 g/mol. The van der Waals surface area contributed by atoms with Crippen LogP contribution in [0.15, 0.2) is 42.5 Å². The molecule has 94 valence electrons. The molecule has 0 bridgehead atoms. The maximum atomic E-state index is 10.8. The minimum atomic E-state index is -0.961. The highest BCUT2D eigenvalue weighted by Crippen LogP contribution is 2.19. The molecule has 3 rings (SSSR count). The Balaban J connectivity index is 2.09. The van der Waals surface area contributed by atoms with Gasteiger partial charge in [0.2, 0.25) is 0 Å². The fourth-order valence-electron chi connectivity index (χ4n) is 1.76. The van der Waals surface area contributed by atoms with Crippen LogP contribution in [-0.2, 0) is 0 Å². The Morgan fingerprint density at radius 3 is 2.53 bits per heavy atom. The van der Waals surface area contributed by atoms with Gasteiger partial charge in [0.05, 0.1) is 5.56 Å². The molecule has 0 aliphatic rings. The molecule has 2 heterocycles. The van der Waals surface area contributed by atoms with E-state index in [1.165, 1.54) is 16.6 Å². The summed E-state index contributed by atoms with van der Waals surface area (Å²) in [5.74, 6) is -0.456. The Bertz CT molecular complexity index is 765. The third kappa shape index (κ3) is 2.04. The number of halogens is 1. The highest BCUT2D eigenvalue weighted by Gasteiger charge is 2.09. The van der Waals surface area contributed by atoms with Crippen LogP contribution in [-0.4, -0.2) is 25.7 Å². The first-order chi connectivity index (χ1) is 9.15. The van der Waals surface area contributed by atoms with Crippen molar-refractivity contribution in [1.29, 1.82) is 0 Å². The normalized spacial score (nSPS) is 10.8. The SMILES string of the molecule is O=C(O)c1ccc(-c2nc3cccc(Cl)n3n2)cc1. The quantitative estimate of drug-likeness (QED) is 0.729. The number of nitrogens with zero attached hydrogens (tertiary/aromatic N) is 3. The predicted octanol–water partition coefficient (Wildman–Crippen LogP) is 2.75. The smallest absolute Gasteiger partial charge is 0.335 e. The Labute approximate surface area is 113 Å². The molecule has 0 atom stereocenters. The van der Waals surface area contributed by atoms with E-state index in [1.54, 1.807) is 30.3 Å². The van der Waals surface area contributed by atoms with Crippen molar-refractivity contribution in [3.63, 3.8) is 0 Å². The van der Waals surface area contributed by atoms with E-state index in [1.807, 2.05) is 0 Å². The number of benzene rings is 1. The van der Waals surface area contributed by atoms with Gasteiger partial charge in [0, 0.05) is 5.56 Å². The molecule has 0 saturated carbocycles. The summed E-state index contributed by atoms with van der Waals surface area (Å²) in [5, 5.41) is 13.6. The molecule has 1 N–H and O–H groups in total. The maximum absolute atomic E-state index is 10.8. The highest BCUT2D eigenvalue weighted by molar-refractivity contribution is 6.29. The number of carboxylic acids is 1. The van der Waals surface area contributed by atoms with Gasteiger partial charge in [-0.1, -0.05) is 29.8 Å². The number of pyridine rings is 1. The van der Waals surface area contributed by atoms with E-state index in [2.05, 4.69) is 10.1 Å². The van der Waals surface area contributed by atoms with Gasteiger partial charge >= 0.3 is 5.97 Å². The number of hydrogen-bond acceptors (Lipinski definition) is 3. The van der Waals surface area contributed by atoms with Crippen LogP contribution in [0.5, 0.6) is 0 Å². The average Bonchev–Trinajstić information content (AvgIpc) is 2.84. The van der Waals surface area contributed by atoms with Gasteiger partial charge in [-0.2, -0.15) is 0 Å². The number of hydrogen-bond donors (Lipinski definition) is 1. The van der Waals surface area contributed by atoms with E-state index in [9.17, 15) is 4.79 Å². The molecule has 0 aliphatic carbocycles. The number of rotatable bonds is 2. The zero-order valence-corrected chi connectivity index (χ0v) is 10.4. The van der Waals surface area contributed by atoms with Crippen molar-refractivity contribution in [2.45, 2.75) is 0 Å². The van der Waals surface area contributed by atoms with Gasteiger partial charge in [0.15, 0.2) is 11.5 Å². The topological polar surface area (TPSA) is 67.5 Å². The first-order valence-corrected chi connectivity index (χ1v) is 5.88. The Morgan fingerprint density at radius 2 is 1.89 bits per heavy atom. The Hall–Kier alpha value is -2.40. The molecule has 5 nitrogen and oxygen atoms in total. The van der Waals surface area contributed by atoms with E-state index >= 15 is 0 Å². The molecular formula is C13H8ClN3O2. The van der Waals surface area contributed by atoms with Gasteiger partial charge in [0.25, 0.3) is 0 Å². The molecular weight excluding hydrogens is 266 g/mol. The van der Waals surface area contributed by atoms with Crippen molar-refractivity contribution in [2.24, 2.45) is 0 Å². The van der Waals surface area contributed by atoms with Gasteiger partial charge < -0.3 is 5.11 Å². The lowest BCUT2D eigenvalue weighted by Crippen LogP contribution is -1.95. The van der Waals surface area contributed by atoms with Crippen molar-refractivity contribution >= 4 is 23.2 Å². The van der Waals surface area contributed by atoms with E-state index in [-0.39, 0.29) is 5.56 Å².